The first-order chi connectivity index (χ1) is 24.2. The highest BCUT2D eigenvalue weighted by atomic mass is 16.5. The highest BCUT2D eigenvalue weighted by Gasteiger charge is 2.33. The van der Waals surface area contributed by atoms with Crippen LogP contribution in [0.4, 0.5) is 0 Å². The summed E-state index contributed by atoms with van der Waals surface area (Å²) in [4.78, 5) is 4.87. The maximum Gasteiger partial charge on any atom is 0.137 e. The minimum Gasteiger partial charge on any atom is -0.457 e. The Labute approximate surface area is 304 Å². The van der Waals surface area contributed by atoms with E-state index in [9.17, 15) is 0 Å². The molecule has 1 aliphatic rings. The first-order valence-electron chi connectivity index (χ1n) is 18.8. The largest absolute Gasteiger partial charge is 0.457 e. The molecule has 0 bridgehead atoms. The lowest BCUT2D eigenvalue weighted by atomic mass is 9.71. The minimum atomic E-state index is 0.00985. The van der Waals surface area contributed by atoms with Gasteiger partial charge >= 0.3 is 0 Å². The van der Waals surface area contributed by atoms with Gasteiger partial charge in [-0.1, -0.05) is 92.2 Å². The van der Waals surface area contributed by atoms with Gasteiger partial charge < -0.3 is 4.74 Å². The molecular formula is C46H54N4O. The number of aryl methyl sites for hydroxylation is 1. The number of allylic oxidation sites excluding steroid dienone is 2. The van der Waals surface area contributed by atoms with Crippen molar-refractivity contribution >= 4 is 21.8 Å². The average Bonchev–Trinajstić information content (AvgIpc) is 3.58. The quantitative estimate of drug-likeness (QED) is 0.158. The predicted octanol–water partition coefficient (Wildman–Crippen LogP) is 12.7. The summed E-state index contributed by atoms with van der Waals surface area (Å²) in [5.41, 5.74) is 11.0. The molecule has 5 nitrogen and oxygen atoms in total. The minimum absolute atomic E-state index is 0.00985. The molecule has 0 saturated heterocycles. The Bertz CT molecular complexity index is 2270. The zero-order chi connectivity index (χ0) is 36.4. The number of pyridine rings is 1. The number of ether oxygens (including phenoxy) is 1. The van der Waals surface area contributed by atoms with E-state index in [0.717, 1.165) is 39.7 Å². The van der Waals surface area contributed by atoms with Gasteiger partial charge in [0.05, 0.1) is 28.1 Å². The second-order valence-electron chi connectivity index (χ2n) is 16.7. The van der Waals surface area contributed by atoms with Crippen LogP contribution in [0.1, 0.15) is 121 Å². The van der Waals surface area contributed by atoms with E-state index >= 15 is 0 Å². The lowest BCUT2D eigenvalue weighted by Gasteiger charge is -2.33. The number of rotatable bonds is 7. The SMILES string of the molecule is CC1=C[C@H](C)CC(C)[C@H]1c1c(C)nn(-c2cc(Oc3ccc4c5ccccc5n(-c5cc(C(C)(C)C)ccn5)c4c3)cc(C(C)C)c2)c1C(C)C. The summed E-state index contributed by atoms with van der Waals surface area (Å²) in [5, 5.41) is 7.65. The fourth-order valence-electron chi connectivity index (χ4n) is 8.52. The summed E-state index contributed by atoms with van der Waals surface area (Å²) in [6.07, 6.45) is 5.60. The molecule has 3 aromatic heterocycles. The maximum atomic E-state index is 6.82. The second-order valence-corrected chi connectivity index (χ2v) is 16.7. The predicted molar refractivity (Wildman–Crippen MR) is 213 cm³/mol. The van der Waals surface area contributed by atoms with Crippen molar-refractivity contribution in [1.29, 1.82) is 0 Å². The second kappa shape index (κ2) is 13.2. The van der Waals surface area contributed by atoms with Crippen molar-refractivity contribution in [2.45, 2.75) is 106 Å². The summed E-state index contributed by atoms with van der Waals surface area (Å²) in [7, 11) is 0. The lowest BCUT2D eigenvalue weighted by Crippen LogP contribution is -2.21. The highest BCUT2D eigenvalue weighted by Crippen LogP contribution is 2.45. The molecule has 3 aromatic carbocycles. The smallest absolute Gasteiger partial charge is 0.137 e. The molecule has 1 aliphatic carbocycles. The van der Waals surface area contributed by atoms with Crippen molar-refractivity contribution in [2.75, 3.05) is 0 Å². The molecule has 6 aromatic rings. The third-order valence-electron chi connectivity index (χ3n) is 10.9. The Hall–Kier alpha value is -4.64. The molecule has 264 valence electrons. The molecule has 0 N–H and O–H groups in total. The fourth-order valence-corrected chi connectivity index (χ4v) is 8.52. The van der Waals surface area contributed by atoms with E-state index < -0.39 is 0 Å². The van der Waals surface area contributed by atoms with Gasteiger partial charge in [0.25, 0.3) is 0 Å². The first kappa shape index (κ1) is 34.8. The van der Waals surface area contributed by atoms with Crippen molar-refractivity contribution in [3.8, 4) is 23.0 Å². The Morgan fingerprint density at radius 1 is 0.804 bits per heavy atom. The third-order valence-corrected chi connectivity index (χ3v) is 10.9. The van der Waals surface area contributed by atoms with Crippen LogP contribution in [-0.4, -0.2) is 19.3 Å². The number of hydrogen-bond acceptors (Lipinski definition) is 3. The van der Waals surface area contributed by atoms with Crippen LogP contribution in [0, 0.1) is 18.8 Å². The number of benzene rings is 3. The standard InChI is InChI=1S/C46H54N4O/c1-27(2)33-22-35(50-45(28(3)4)44(32(8)48-50)43-30(6)20-29(5)21-31(43)7)25-37(23-33)51-36-16-17-39-38-14-12-13-15-40(38)49(41(39)26-36)42-24-34(18-19-47-42)46(9,10)11/h12-20,22-29,31,43H,21H2,1-11H3/t29-,31?,43-/m0/s1. The van der Waals surface area contributed by atoms with Crippen LogP contribution >= 0.6 is 0 Å². The Balaban J connectivity index is 1.35. The molecule has 3 heterocycles. The van der Waals surface area contributed by atoms with E-state index in [0.29, 0.717) is 29.6 Å². The Morgan fingerprint density at radius 3 is 2.25 bits per heavy atom. The van der Waals surface area contributed by atoms with Gasteiger partial charge in [-0.15, -0.1) is 0 Å². The molecule has 0 aliphatic heterocycles. The zero-order valence-corrected chi connectivity index (χ0v) is 32.4. The Kier molecular flexibility index (Phi) is 8.98. The number of aromatic nitrogens is 4. The molecule has 0 spiro atoms. The normalized spacial score (nSPS) is 18.3. The van der Waals surface area contributed by atoms with Crippen molar-refractivity contribution in [3.05, 3.63) is 119 Å². The Morgan fingerprint density at radius 2 is 1.55 bits per heavy atom. The molecule has 1 unspecified atom stereocenters. The van der Waals surface area contributed by atoms with Gasteiger partial charge in [-0.25, -0.2) is 9.67 Å². The van der Waals surface area contributed by atoms with Crippen molar-refractivity contribution in [2.24, 2.45) is 11.8 Å². The number of fused-ring (bicyclic) bond motifs is 3. The van der Waals surface area contributed by atoms with E-state index in [1.54, 1.807) is 0 Å². The summed E-state index contributed by atoms with van der Waals surface area (Å²) < 4.78 is 11.3. The molecule has 3 atom stereocenters. The molecule has 0 fully saturated rings. The number of nitrogens with zero attached hydrogens (tertiary/aromatic N) is 4. The fraction of sp³-hybridized carbons (Fsp3) is 0.391. The van der Waals surface area contributed by atoms with Crippen LogP contribution < -0.4 is 4.74 Å². The number of hydrogen-bond donors (Lipinski definition) is 0. The van der Waals surface area contributed by atoms with Gasteiger partial charge in [-0.3, -0.25) is 4.57 Å². The molecule has 0 amide bonds. The van der Waals surface area contributed by atoms with Crippen molar-refractivity contribution in [1.82, 2.24) is 19.3 Å². The van der Waals surface area contributed by atoms with E-state index in [1.807, 2.05) is 6.20 Å². The summed E-state index contributed by atoms with van der Waals surface area (Å²) in [6.45, 7) is 25.1. The van der Waals surface area contributed by atoms with Gasteiger partial charge in [0.2, 0.25) is 0 Å². The van der Waals surface area contributed by atoms with Gasteiger partial charge in [0, 0.05) is 40.6 Å². The van der Waals surface area contributed by atoms with E-state index in [1.165, 1.54) is 45.2 Å². The molecule has 51 heavy (non-hydrogen) atoms. The number of para-hydroxylation sites is 1. The zero-order valence-electron chi connectivity index (χ0n) is 32.4. The maximum absolute atomic E-state index is 6.82. The van der Waals surface area contributed by atoms with Crippen molar-refractivity contribution in [3.63, 3.8) is 0 Å². The van der Waals surface area contributed by atoms with Crippen LogP contribution in [0.15, 0.2) is 90.6 Å². The summed E-state index contributed by atoms with van der Waals surface area (Å²) in [5.74, 6) is 4.70. The molecular weight excluding hydrogens is 625 g/mol. The molecule has 0 radical (unpaired) electrons. The van der Waals surface area contributed by atoms with Gasteiger partial charge in [-0.2, -0.15) is 5.10 Å². The third kappa shape index (κ3) is 6.41. The molecule has 7 rings (SSSR count). The first-order valence-corrected chi connectivity index (χ1v) is 18.8. The molecule has 5 heteroatoms. The summed E-state index contributed by atoms with van der Waals surface area (Å²) in [6, 6.07) is 26.0. The monoisotopic (exact) mass is 678 g/mol. The highest BCUT2D eigenvalue weighted by molar-refractivity contribution is 6.09. The van der Waals surface area contributed by atoms with Crippen LogP contribution in [0.3, 0.4) is 0 Å². The average molecular weight is 679 g/mol. The van der Waals surface area contributed by atoms with E-state index in [2.05, 4.69) is 164 Å². The van der Waals surface area contributed by atoms with Gasteiger partial charge in [0.15, 0.2) is 0 Å². The van der Waals surface area contributed by atoms with Gasteiger partial charge in [0.1, 0.15) is 17.3 Å². The van der Waals surface area contributed by atoms with Crippen LogP contribution in [-0.2, 0) is 5.41 Å². The summed E-state index contributed by atoms with van der Waals surface area (Å²) >= 11 is 0. The van der Waals surface area contributed by atoms with E-state index in [-0.39, 0.29) is 5.41 Å². The topological polar surface area (TPSA) is 44.9 Å². The lowest BCUT2D eigenvalue weighted by molar-refractivity contribution is 0.389. The van der Waals surface area contributed by atoms with Crippen LogP contribution in [0.2, 0.25) is 0 Å². The van der Waals surface area contributed by atoms with Crippen LogP contribution in [0.25, 0.3) is 33.3 Å². The molecule has 0 saturated carbocycles. The van der Waals surface area contributed by atoms with Crippen molar-refractivity contribution < 1.29 is 4.74 Å². The van der Waals surface area contributed by atoms with Crippen LogP contribution in [0.5, 0.6) is 11.5 Å². The van der Waals surface area contributed by atoms with E-state index in [4.69, 9.17) is 14.8 Å². The van der Waals surface area contributed by atoms with Gasteiger partial charge in [-0.05, 0) is 103 Å².